The monoisotopic (exact) mass is 647 g/mol. The number of carbonyl (C=O) groups is 1. The maximum absolute atomic E-state index is 14.3. The smallest absolute Gasteiger partial charge is 0.255 e. The molecule has 7 heteroatoms. The molecule has 252 valence electrons. The number of quaternary nitrogens is 1. The Morgan fingerprint density at radius 1 is 0.812 bits per heavy atom. The molecule has 0 aromatic heterocycles. The SMILES string of the molecule is CC[N+]1(C)CCN(c2cccc3c2CN([C@H](CCCN(Cc2ccccc2)Cc2ccccc2)c2ccc(OC)c(OC)c2)C3=O)CC1. The second-order valence-corrected chi connectivity index (χ2v) is 13.6. The molecule has 0 saturated carbocycles. The number of hydrogen-bond donors (Lipinski definition) is 0. The lowest BCUT2D eigenvalue weighted by Crippen LogP contribution is -2.57. The van der Waals surface area contributed by atoms with Gasteiger partial charge in [-0.25, -0.2) is 0 Å². The van der Waals surface area contributed by atoms with Crippen LogP contribution in [0.25, 0.3) is 0 Å². The zero-order valence-corrected chi connectivity index (χ0v) is 29.1. The standard InChI is InChI=1S/C41H51N4O3/c1-5-45(2)26-24-43(25-27-45)38-19-12-18-35-36(38)31-44(41(35)46)37(34-21-22-39(47-3)40(28-34)48-4)20-13-23-42(29-32-14-8-6-9-15-32)30-33-16-10-7-11-17-33/h6-12,14-19,21-22,28,37H,5,13,20,23-27,29-31H2,1-4H3/q+1/t37-/m1/s1. The van der Waals surface area contributed by atoms with E-state index in [9.17, 15) is 4.79 Å². The van der Waals surface area contributed by atoms with Crippen LogP contribution in [0.4, 0.5) is 5.69 Å². The number of benzene rings is 4. The third-order valence-electron chi connectivity index (χ3n) is 10.5. The molecular formula is C41H51N4O3+. The maximum atomic E-state index is 14.3. The van der Waals surface area contributed by atoms with Gasteiger partial charge in [0, 0.05) is 36.4 Å². The molecule has 4 aromatic carbocycles. The summed E-state index contributed by atoms with van der Waals surface area (Å²) in [6.45, 7) is 11.0. The van der Waals surface area contributed by atoms with E-state index in [1.54, 1.807) is 14.2 Å². The minimum Gasteiger partial charge on any atom is -0.493 e. The van der Waals surface area contributed by atoms with Crippen LogP contribution < -0.4 is 14.4 Å². The molecule has 48 heavy (non-hydrogen) atoms. The second kappa shape index (κ2) is 15.3. The molecule has 0 N–H and O–H groups in total. The highest BCUT2D eigenvalue weighted by Gasteiger charge is 2.37. The highest BCUT2D eigenvalue weighted by Crippen LogP contribution is 2.40. The van der Waals surface area contributed by atoms with Gasteiger partial charge >= 0.3 is 0 Å². The second-order valence-electron chi connectivity index (χ2n) is 13.6. The first-order valence-electron chi connectivity index (χ1n) is 17.4. The van der Waals surface area contributed by atoms with Gasteiger partial charge in [0.1, 0.15) is 0 Å². The molecule has 0 unspecified atom stereocenters. The molecule has 4 aromatic rings. The number of rotatable bonds is 14. The van der Waals surface area contributed by atoms with Gasteiger partial charge in [-0.3, -0.25) is 9.69 Å². The minimum atomic E-state index is -0.103. The molecule has 2 aliphatic rings. The number of methoxy groups -OCH3 is 2. The van der Waals surface area contributed by atoms with Crippen LogP contribution in [0.3, 0.4) is 0 Å². The van der Waals surface area contributed by atoms with Gasteiger partial charge in [0.15, 0.2) is 11.5 Å². The van der Waals surface area contributed by atoms with E-state index in [2.05, 4.69) is 114 Å². The molecule has 0 radical (unpaired) electrons. The summed E-state index contributed by atoms with van der Waals surface area (Å²) in [6, 6.07) is 33.7. The third-order valence-corrected chi connectivity index (χ3v) is 10.5. The van der Waals surface area contributed by atoms with E-state index in [4.69, 9.17) is 9.47 Å². The Morgan fingerprint density at radius 2 is 1.46 bits per heavy atom. The number of carbonyl (C=O) groups excluding carboxylic acids is 1. The van der Waals surface area contributed by atoms with Gasteiger partial charge in [-0.2, -0.15) is 0 Å². The average Bonchev–Trinajstić information content (AvgIpc) is 3.46. The Labute approximate surface area is 286 Å². The summed E-state index contributed by atoms with van der Waals surface area (Å²) < 4.78 is 12.4. The molecule has 0 spiro atoms. The molecule has 1 amide bonds. The summed E-state index contributed by atoms with van der Waals surface area (Å²) in [4.78, 5) is 21.4. The Bertz CT molecular complexity index is 1610. The Hall–Kier alpha value is -4.33. The van der Waals surface area contributed by atoms with Crippen LogP contribution in [0.5, 0.6) is 11.5 Å². The summed E-state index contributed by atoms with van der Waals surface area (Å²) in [6.07, 6.45) is 1.77. The lowest BCUT2D eigenvalue weighted by molar-refractivity contribution is -0.908. The summed E-state index contributed by atoms with van der Waals surface area (Å²) >= 11 is 0. The number of nitrogens with zero attached hydrogens (tertiary/aromatic N) is 4. The maximum Gasteiger partial charge on any atom is 0.255 e. The number of fused-ring (bicyclic) bond motifs is 1. The van der Waals surface area contributed by atoms with E-state index in [1.165, 1.54) is 16.8 Å². The number of hydrogen-bond acceptors (Lipinski definition) is 5. The van der Waals surface area contributed by atoms with Crippen molar-refractivity contribution in [1.82, 2.24) is 9.80 Å². The van der Waals surface area contributed by atoms with Crippen LogP contribution in [-0.2, 0) is 19.6 Å². The lowest BCUT2D eigenvalue weighted by atomic mass is 9.99. The molecule has 7 nitrogen and oxygen atoms in total. The van der Waals surface area contributed by atoms with E-state index in [0.29, 0.717) is 18.0 Å². The van der Waals surface area contributed by atoms with Crippen molar-refractivity contribution in [3.63, 3.8) is 0 Å². The van der Waals surface area contributed by atoms with Crippen molar-refractivity contribution in [2.24, 2.45) is 0 Å². The van der Waals surface area contributed by atoms with Crippen molar-refractivity contribution < 1.29 is 18.8 Å². The number of piperazine rings is 1. The fourth-order valence-electron chi connectivity index (χ4n) is 7.36. The number of anilines is 1. The fourth-order valence-corrected chi connectivity index (χ4v) is 7.36. The van der Waals surface area contributed by atoms with Crippen molar-refractivity contribution in [2.45, 2.75) is 45.4 Å². The van der Waals surface area contributed by atoms with Crippen LogP contribution in [0.1, 0.15) is 58.4 Å². The van der Waals surface area contributed by atoms with Crippen molar-refractivity contribution >= 4 is 11.6 Å². The highest BCUT2D eigenvalue weighted by molar-refractivity contribution is 6.00. The van der Waals surface area contributed by atoms with Gasteiger partial charge in [0.2, 0.25) is 0 Å². The van der Waals surface area contributed by atoms with E-state index in [0.717, 1.165) is 86.4 Å². The normalized spacial score (nSPS) is 16.2. The van der Waals surface area contributed by atoms with E-state index in [1.807, 2.05) is 12.1 Å². The van der Waals surface area contributed by atoms with Gasteiger partial charge in [-0.15, -0.1) is 0 Å². The van der Waals surface area contributed by atoms with Crippen LogP contribution in [0.15, 0.2) is 97.1 Å². The molecule has 6 rings (SSSR count). The Kier molecular flexibility index (Phi) is 10.7. The summed E-state index contributed by atoms with van der Waals surface area (Å²) in [5.41, 5.74) is 6.90. The largest absolute Gasteiger partial charge is 0.493 e. The first-order chi connectivity index (χ1) is 23.4. The molecule has 1 saturated heterocycles. The Balaban J connectivity index is 1.25. The number of likely N-dealkylation sites (N-methyl/N-ethyl adjacent to an activating group) is 1. The average molecular weight is 648 g/mol. The predicted octanol–water partition coefficient (Wildman–Crippen LogP) is 7.17. The van der Waals surface area contributed by atoms with Gasteiger partial charge in [0.05, 0.1) is 60.0 Å². The van der Waals surface area contributed by atoms with Crippen molar-refractivity contribution in [1.29, 1.82) is 0 Å². The first kappa shape index (κ1) is 33.6. The van der Waals surface area contributed by atoms with Gasteiger partial charge in [-0.05, 0) is 67.3 Å². The molecule has 1 fully saturated rings. The third kappa shape index (κ3) is 7.53. The van der Waals surface area contributed by atoms with E-state index < -0.39 is 0 Å². The van der Waals surface area contributed by atoms with Gasteiger partial charge in [0.25, 0.3) is 5.91 Å². The molecule has 0 bridgehead atoms. The van der Waals surface area contributed by atoms with Crippen LogP contribution in [0.2, 0.25) is 0 Å². The van der Waals surface area contributed by atoms with Crippen molar-refractivity contribution in [3.05, 3.63) is 125 Å². The first-order valence-corrected chi connectivity index (χ1v) is 17.4. The lowest BCUT2D eigenvalue weighted by Gasteiger charge is -2.42. The Morgan fingerprint density at radius 3 is 2.06 bits per heavy atom. The topological polar surface area (TPSA) is 45.2 Å². The molecule has 1 atom stereocenters. The zero-order valence-electron chi connectivity index (χ0n) is 29.1. The van der Waals surface area contributed by atoms with Crippen molar-refractivity contribution in [2.75, 3.05) is 65.4 Å². The van der Waals surface area contributed by atoms with E-state index >= 15 is 0 Å². The fraction of sp³-hybridized carbons (Fsp3) is 0.390. The summed E-state index contributed by atoms with van der Waals surface area (Å²) in [5, 5.41) is 0. The minimum absolute atomic E-state index is 0.103. The van der Waals surface area contributed by atoms with Crippen LogP contribution in [0, 0.1) is 0 Å². The van der Waals surface area contributed by atoms with E-state index in [-0.39, 0.29) is 11.9 Å². The summed E-state index contributed by atoms with van der Waals surface area (Å²) in [7, 11) is 5.69. The van der Waals surface area contributed by atoms with Crippen molar-refractivity contribution in [3.8, 4) is 11.5 Å². The highest BCUT2D eigenvalue weighted by atomic mass is 16.5. The molecule has 2 aliphatic heterocycles. The molecular weight excluding hydrogens is 596 g/mol. The number of amides is 1. The van der Waals surface area contributed by atoms with Gasteiger partial charge < -0.3 is 23.8 Å². The number of ether oxygens (including phenoxy) is 2. The molecule has 2 heterocycles. The predicted molar refractivity (Wildman–Crippen MR) is 194 cm³/mol. The zero-order chi connectivity index (χ0) is 33.5. The van der Waals surface area contributed by atoms with Gasteiger partial charge in [-0.1, -0.05) is 72.8 Å². The summed E-state index contributed by atoms with van der Waals surface area (Å²) in [5.74, 6) is 1.49. The quantitative estimate of drug-likeness (QED) is 0.136. The van der Waals surface area contributed by atoms with Crippen LogP contribution >= 0.6 is 0 Å². The van der Waals surface area contributed by atoms with Crippen LogP contribution in [-0.4, -0.2) is 80.7 Å². The molecule has 0 aliphatic carbocycles.